The van der Waals surface area contributed by atoms with E-state index in [0.29, 0.717) is 11.7 Å². The van der Waals surface area contributed by atoms with Gasteiger partial charge in [-0.15, -0.1) is 12.4 Å². The van der Waals surface area contributed by atoms with Crippen LogP contribution in [-0.2, 0) is 4.79 Å². The number of hydrogen-bond acceptors (Lipinski definition) is 5. The Morgan fingerprint density at radius 2 is 2.29 bits per heavy atom. The molecule has 0 atom stereocenters. The summed E-state index contributed by atoms with van der Waals surface area (Å²) >= 11 is 1.46. The maximum atomic E-state index is 11.8. The number of carbonyl (C=O) groups is 1. The Morgan fingerprint density at radius 3 is 3.00 bits per heavy atom. The summed E-state index contributed by atoms with van der Waals surface area (Å²) in [5, 5.41) is 6.62. The molecule has 1 saturated carbocycles. The minimum Gasteiger partial charge on any atom is -0.497 e. The fraction of sp³-hybridized carbons (Fsp3) is 0.429. The highest BCUT2D eigenvalue weighted by Crippen LogP contribution is 2.29. The Morgan fingerprint density at radius 1 is 1.48 bits per heavy atom. The molecule has 0 aliphatic heterocycles. The van der Waals surface area contributed by atoms with Crippen molar-refractivity contribution >= 4 is 45.0 Å². The normalized spacial score (nSPS) is 13.8. The van der Waals surface area contributed by atoms with Gasteiger partial charge in [-0.25, -0.2) is 4.98 Å². The van der Waals surface area contributed by atoms with Crippen molar-refractivity contribution < 1.29 is 9.53 Å². The van der Waals surface area contributed by atoms with Gasteiger partial charge in [0, 0.05) is 0 Å². The number of fused-ring (bicyclic) bond motifs is 1. The summed E-state index contributed by atoms with van der Waals surface area (Å²) in [6.07, 6.45) is 2.57. The minimum atomic E-state index is -0.0447. The van der Waals surface area contributed by atoms with Gasteiger partial charge in [0.05, 0.1) is 23.9 Å². The minimum absolute atomic E-state index is 0. The summed E-state index contributed by atoms with van der Waals surface area (Å²) in [7, 11) is 1.64. The third-order valence-corrected chi connectivity index (χ3v) is 4.19. The molecule has 0 spiro atoms. The molecule has 1 aromatic carbocycles. The van der Waals surface area contributed by atoms with Crippen LogP contribution in [0.25, 0.3) is 10.2 Å². The third kappa shape index (κ3) is 4.30. The molecule has 1 heterocycles. The number of nitrogens with one attached hydrogen (secondary N) is 2. The van der Waals surface area contributed by atoms with E-state index >= 15 is 0 Å². The van der Waals surface area contributed by atoms with Gasteiger partial charge in [0.1, 0.15) is 5.75 Å². The summed E-state index contributed by atoms with van der Waals surface area (Å²) in [6.45, 7) is 1.28. The number of amides is 1. The van der Waals surface area contributed by atoms with Crippen molar-refractivity contribution in [3.63, 3.8) is 0 Å². The molecule has 1 aliphatic rings. The molecule has 0 saturated heterocycles. The van der Waals surface area contributed by atoms with Crippen LogP contribution < -0.4 is 15.4 Å². The van der Waals surface area contributed by atoms with Crippen molar-refractivity contribution in [2.45, 2.75) is 12.8 Å². The van der Waals surface area contributed by atoms with Gasteiger partial charge in [-0.3, -0.25) is 4.79 Å². The van der Waals surface area contributed by atoms with Crippen LogP contribution in [0.5, 0.6) is 5.75 Å². The predicted molar refractivity (Wildman–Crippen MR) is 87.6 cm³/mol. The monoisotopic (exact) mass is 327 g/mol. The first-order valence-corrected chi connectivity index (χ1v) is 7.51. The molecular weight excluding hydrogens is 310 g/mol. The van der Waals surface area contributed by atoms with Crippen LogP contribution in [0.4, 0.5) is 5.13 Å². The second-order valence-corrected chi connectivity index (χ2v) is 6.01. The Balaban J connectivity index is 0.00000161. The molecule has 0 radical (unpaired) electrons. The van der Waals surface area contributed by atoms with Gasteiger partial charge in [-0.05, 0) is 43.5 Å². The van der Waals surface area contributed by atoms with E-state index in [9.17, 15) is 4.79 Å². The fourth-order valence-corrected chi connectivity index (χ4v) is 2.87. The van der Waals surface area contributed by atoms with Gasteiger partial charge < -0.3 is 15.4 Å². The first-order chi connectivity index (χ1) is 9.74. The molecule has 114 valence electrons. The zero-order valence-electron chi connectivity index (χ0n) is 11.7. The van der Waals surface area contributed by atoms with Crippen molar-refractivity contribution in [2.24, 2.45) is 5.92 Å². The Labute approximate surface area is 133 Å². The first kappa shape index (κ1) is 16.0. The lowest BCUT2D eigenvalue weighted by molar-refractivity contribution is -0.115. The molecule has 1 fully saturated rings. The lowest BCUT2D eigenvalue weighted by atomic mass is 10.3. The fourth-order valence-electron chi connectivity index (χ4n) is 1.96. The number of hydrogen-bond donors (Lipinski definition) is 2. The van der Waals surface area contributed by atoms with Crippen LogP contribution in [0.1, 0.15) is 12.8 Å². The maximum Gasteiger partial charge on any atom is 0.240 e. The highest BCUT2D eigenvalue weighted by atomic mass is 35.5. The number of aromatic nitrogens is 1. The number of nitrogens with zero attached hydrogens (tertiary/aromatic N) is 1. The van der Waals surface area contributed by atoms with Crippen LogP contribution in [0, 0.1) is 5.92 Å². The molecule has 7 heteroatoms. The Hall–Kier alpha value is -1.37. The van der Waals surface area contributed by atoms with E-state index < -0.39 is 0 Å². The van der Waals surface area contributed by atoms with Crippen LogP contribution in [-0.4, -0.2) is 31.1 Å². The van der Waals surface area contributed by atoms with Gasteiger partial charge in [0.15, 0.2) is 5.13 Å². The summed E-state index contributed by atoms with van der Waals surface area (Å²) in [5.74, 6) is 1.53. The van der Waals surface area contributed by atoms with Gasteiger partial charge in [0.2, 0.25) is 5.91 Å². The summed E-state index contributed by atoms with van der Waals surface area (Å²) in [4.78, 5) is 16.2. The second kappa shape index (κ2) is 7.06. The topological polar surface area (TPSA) is 63.2 Å². The number of methoxy groups -OCH3 is 1. The number of halogens is 1. The van der Waals surface area contributed by atoms with E-state index in [0.717, 1.165) is 28.4 Å². The number of benzene rings is 1. The van der Waals surface area contributed by atoms with E-state index in [4.69, 9.17) is 4.74 Å². The number of ether oxygens (including phenoxy) is 1. The highest BCUT2D eigenvalue weighted by Gasteiger charge is 2.20. The highest BCUT2D eigenvalue weighted by molar-refractivity contribution is 7.22. The molecule has 0 unspecified atom stereocenters. The van der Waals surface area contributed by atoms with Gasteiger partial charge in [-0.1, -0.05) is 11.3 Å². The van der Waals surface area contributed by atoms with Crippen LogP contribution in [0.3, 0.4) is 0 Å². The van der Waals surface area contributed by atoms with Crippen molar-refractivity contribution in [1.29, 1.82) is 0 Å². The smallest absolute Gasteiger partial charge is 0.240 e. The molecule has 1 aliphatic carbocycles. The van der Waals surface area contributed by atoms with E-state index in [-0.39, 0.29) is 18.3 Å². The van der Waals surface area contributed by atoms with Crippen LogP contribution in [0.2, 0.25) is 0 Å². The van der Waals surface area contributed by atoms with Crippen LogP contribution in [0.15, 0.2) is 18.2 Å². The molecule has 1 aromatic heterocycles. The van der Waals surface area contributed by atoms with E-state index in [1.165, 1.54) is 24.2 Å². The molecular formula is C14H18ClN3O2S. The molecule has 3 rings (SSSR count). The lowest BCUT2D eigenvalue weighted by Gasteiger charge is -2.02. The molecule has 1 amide bonds. The summed E-state index contributed by atoms with van der Waals surface area (Å²) < 4.78 is 6.18. The molecule has 5 nitrogen and oxygen atoms in total. The van der Waals surface area contributed by atoms with Gasteiger partial charge in [-0.2, -0.15) is 0 Å². The number of rotatable bonds is 6. The third-order valence-electron chi connectivity index (χ3n) is 3.26. The van der Waals surface area contributed by atoms with E-state index in [1.807, 2.05) is 18.2 Å². The zero-order valence-corrected chi connectivity index (χ0v) is 13.4. The van der Waals surface area contributed by atoms with E-state index in [1.54, 1.807) is 7.11 Å². The van der Waals surface area contributed by atoms with E-state index in [2.05, 4.69) is 15.6 Å². The first-order valence-electron chi connectivity index (χ1n) is 6.70. The van der Waals surface area contributed by atoms with Gasteiger partial charge >= 0.3 is 0 Å². The quantitative estimate of drug-likeness (QED) is 0.856. The molecule has 2 N–H and O–H groups in total. The predicted octanol–water partition coefficient (Wildman–Crippen LogP) is 2.66. The second-order valence-electron chi connectivity index (χ2n) is 4.98. The summed E-state index contributed by atoms with van der Waals surface area (Å²) in [5.41, 5.74) is 0.872. The van der Waals surface area contributed by atoms with Crippen molar-refractivity contribution in [3.05, 3.63) is 18.2 Å². The van der Waals surface area contributed by atoms with Crippen molar-refractivity contribution in [3.8, 4) is 5.75 Å². The lowest BCUT2D eigenvalue weighted by Crippen LogP contribution is -2.29. The van der Waals surface area contributed by atoms with Crippen molar-refractivity contribution in [1.82, 2.24) is 10.3 Å². The largest absolute Gasteiger partial charge is 0.497 e. The number of anilines is 1. The zero-order chi connectivity index (χ0) is 13.9. The van der Waals surface area contributed by atoms with Gasteiger partial charge in [0.25, 0.3) is 0 Å². The summed E-state index contributed by atoms with van der Waals surface area (Å²) in [6, 6.07) is 5.69. The number of thiazole rings is 1. The maximum absolute atomic E-state index is 11.8. The average Bonchev–Trinajstić information content (AvgIpc) is 3.17. The Bertz CT molecular complexity index is 628. The molecule has 2 aromatic rings. The molecule has 0 bridgehead atoms. The molecule has 21 heavy (non-hydrogen) atoms. The van der Waals surface area contributed by atoms with Crippen LogP contribution >= 0.6 is 23.7 Å². The standard InChI is InChI=1S/C14H17N3O2S.ClH/c1-19-10-4-5-11-12(6-10)20-14(16-11)17-13(18)8-15-7-9-2-3-9;/h4-6,9,15H,2-3,7-8H2,1H3,(H,16,17,18);1H. The van der Waals surface area contributed by atoms with Crippen molar-refractivity contribution in [2.75, 3.05) is 25.5 Å². The Kier molecular flexibility index (Phi) is 5.39. The average molecular weight is 328 g/mol. The number of carbonyl (C=O) groups excluding carboxylic acids is 1. The SMILES string of the molecule is COc1ccc2nc(NC(=O)CNCC3CC3)sc2c1.Cl.